The van der Waals surface area contributed by atoms with Gasteiger partial charge in [-0.15, -0.1) is 0 Å². The van der Waals surface area contributed by atoms with Crippen molar-refractivity contribution in [3.8, 4) is 0 Å². The average molecular weight is 357 g/mol. The molecule has 6 heteroatoms. The average Bonchev–Trinajstić information content (AvgIpc) is 2.66. The molecule has 134 valence electrons. The number of rotatable bonds is 6. The van der Waals surface area contributed by atoms with E-state index >= 15 is 0 Å². The minimum Gasteiger partial charge on any atom is -0.306 e. The van der Waals surface area contributed by atoms with Crippen LogP contribution in [0.2, 0.25) is 0 Å². The summed E-state index contributed by atoms with van der Waals surface area (Å²) < 4.78 is 37.7. The first-order chi connectivity index (χ1) is 12.5. The summed E-state index contributed by atoms with van der Waals surface area (Å²) in [4.78, 5) is 7.63. The molecule has 0 aliphatic rings. The Balaban J connectivity index is 1.67. The van der Waals surface area contributed by atoms with E-state index in [2.05, 4.69) is 15.3 Å². The van der Waals surface area contributed by atoms with Crippen LogP contribution in [0.25, 0.3) is 0 Å². The number of alkyl halides is 3. The Hall–Kier alpha value is -2.73. The fourth-order valence-corrected chi connectivity index (χ4v) is 2.68. The van der Waals surface area contributed by atoms with Gasteiger partial charge in [-0.1, -0.05) is 60.7 Å². The highest BCUT2D eigenvalue weighted by atomic mass is 19.4. The molecule has 2 aromatic carbocycles. The maximum Gasteiger partial charge on any atom is 0.419 e. The zero-order chi connectivity index (χ0) is 18.4. The van der Waals surface area contributed by atoms with Gasteiger partial charge in [-0.05, 0) is 11.1 Å². The van der Waals surface area contributed by atoms with Crippen molar-refractivity contribution < 1.29 is 13.2 Å². The van der Waals surface area contributed by atoms with Gasteiger partial charge >= 0.3 is 6.18 Å². The van der Waals surface area contributed by atoms with Crippen molar-refractivity contribution in [2.75, 3.05) is 6.54 Å². The van der Waals surface area contributed by atoms with Gasteiger partial charge in [-0.3, -0.25) is 0 Å². The normalized spacial score (nSPS) is 11.7. The number of nitrogens with one attached hydrogen (secondary N) is 1. The van der Waals surface area contributed by atoms with Crippen LogP contribution in [-0.4, -0.2) is 16.5 Å². The highest BCUT2D eigenvalue weighted by Crippen LogP contribution is 2.27. The third-order valence-electron chi connectivity index (χ3n) is 4.00. The molecule has 0 amide bonds. The Morgan fingerprint density at radius 1 is 0.808 bits per heavy atom. The SMILES string of the molecule is FC(F)(F)c1cnc(CCNC(c2ccccc2)c2ccccc2)nc1. The van der Waals surface area contributed by atoms with Gasteiger partial charge in [0.2, 0.25) is 0 Å². The van der Waals surface area contributed by atoms with Crippen molar-refractivity contribution in [3.63, 3.8) is 0 Å². The summed E-state index contributed by atoms with van der Waals surface area (Å²) in [5.74, 6) is 0.380. The van der Waals surface area contributed by atoms with Crippen molar-refractivity contribution >= 4 is 0 Å². The zero-order valence-corrected chi connectivity index (χ0v) is 13.9. The Kier molecular flexibility index (Phi) is 5.63. The molecule has 0 atom stereocenters. The topological polar surface area (TPSA) is 37.8 Å². The monoisotopic (exact) mass is 357 g/mol. The summed E-state index contributed by atoms with van der Waals surface area (Å²) >= 11 is 0. The number of benzene rings is 2. The molecule has 0 saturated carbocycles. The van der Waals surface area contributed by atoms with Crippen molar-refractivity contribution in [1.29, 1.82) is 0 Å². The van der Waals surface area contributed by atoms with E-state index < -0.39 is 11.7 Å². The van der Waals surface area contributed by atoms with Crippen LogP contribution in [0.3, 0.4) is 0 Å². The number of hydrogen-bond donors (Lipinski definition) is 1. The summed E-state index contributed by atoms with van der Waals surface area (Å²) in [7, 11) is 0. The summed E-state index contributed by atoms with van der Waals surface area (Å²) in [6.45, 7) is 0.541. The van der Waals surface area contributed by atoms with Crippen molar-refractivity contribution in [2.45, 2.75) is 18.6 Å². The van der Waals surface area contributed by atoms with Gasteiger partial charge in [0.25, 0.3) is 0 Å². The Bertz CT molecular complexity index is 764. The molecular weight excluding hydrogens is 339 g/mol. The second-order valence-corrected chi connectivity index (χ2v) is 5.84. The molecule has 0 fully saturated rings. The highest BCUT2D eigenvalue weighted by Gasteiger charge is 2.31. The van der Waals surface area contributed by atoms with Gasteiger partial charge in [-0.25, -0.2) is 9.97 Å². The molecule has 0 saturated heterocycles. The third kappa shape index (κ3) is 4.67. The number of halogens is 3. The first-order valence-electron chi connectivity index (χ1n) is 8.25. The van der Waals surface area contributed by atoms with Crippen LogP contribution in [0.1, 0.15) is 28.6 Å². The minimum absolute atomic E-state index is 0.00755. The number of aromatic nitrogens is 2. The lowest BCUT2D eigenvalue weighted by Crippen LogP contribution is -2.25. The van der Waals surface area contributed by atoms with Crippen LogP contribution < -0.4 is 5.32 Å². The summed E-state index contributed by atoms with van der Waals surface area (Å²) in [6, 6.07) is 20.0. The molecule has 0 bridgehead atoms. The van der Waals surface area contributed by atoms with E-state index in [-0.39, 0.29) is 6.04 Å². The van der Waals surface area contributed by atoms with E-state index in [0.29, 0.717) is 18.8 Å². The summed E-state index contributed by atoms with van der Waals surface area (Å²) in [6.07, 6.45) is -2.32. The molecule has 0 aliphatic heterocycles. The van der Waals surface area contributed by atoms with E-state index in [9.17, 15) is 13.2 Å². The molecule has 0 aliphatic carbocycles. The highest BCUT2D eigenvalue weighted by molar-refractivity contribution is 5.31. The zero-order valence-electron chi connectivity index (χ0n) is 13.9. The fraction of sp³-hybridized carbons (Fsp3) is 0.200. The van der Waals surface area contributed by atoms with Gasteiger partial charge < -0.3 is 5.32 Å². The van der Waals surface area contributed by atoms with E-state index in [0.717, 1.165) is 23.5 Å². The van der Waals surface area contributed by atoms with E-state index in [1.165, 1.54) is 0 Å². The molecular formula is C20H18F3N3. The van der Waals surface area contributed by atoms with E-state index in [4.69, 9.17) is 0 Å². The molecule has 0 unspecified atom stereocenters. The van der Waals surface area contributed by atoms with Crippen LogP contribution in [-0.2, 0) is 12.6 Å². The smallest absolute Gasteiger partial charge is 0.306 e. The molecule has 1 heterocycles. The van der Waals surface area contributed by atoms with Crippen LogP contribution >= 0.6 is 0 Å². The fourth-order valence-electron chi connectivity index (χ4n) is 2.68. The van der Waals surface area contributed by atoms with Gasteiger partial charge in [0.05, 0.1) is 11.6 Å². The van der Waals surface area contributed by atoms with Gasteiger partial charge in [0.15, 0.2) is 0 Å². The van der Waals surface area contributed by atoms with Crippen molar-refractivity contribution in [1.82, 2.24) is 15.3 Å². The molecule has 0 spiro atoms. The molecule has 0 radical (unpaired) electrons. The lowest BCUT2D eigenvalue weighted by molar-refractivity contribution is -0.138. The number of hydrogen-bond acceptors (Lipinski definition) is 3. The van der Waals surface area contributed by atoms with Crippen LogP contribution in [0.5, 0.6) is 0 Å². The summed E-state index contributed by atoms with van der Waals surface area (Å²) in [5.41, 5.74) is 1.40. The Morgan fingerprint density at radius 3 is 1.77 bits per heavy atom. The second kappa shape index (κ2) is 8.10. The van der Waals surface area contributed by atoms with E-state index in [1.54, 1.807) is 0 Å². The first-order valence-corrected chi connectivity index (χ1v) is 8.25. The first kappa shape index (κ1) is 18.1. The van der Waals surface area contributed by atoms with Crippen LogP contribution in [0.15, 0.2) is 73.1 Å². The van der Waals surface area contributed by atoms with Gasteiger partial charge in [0.1, 0.15) is 5.82 Å². The molecule has 3 nitrogen and oxygen atoms in total. The second-order valence-electron chi connectivity index (χ2n) is 5.84. The lowest BCUT2D eigenvalue weighted by Gasteiger charge is -2.19. The standard InChI is InChI=1S/C20H18F3N3/c21-20(22,23)17-13-25-18(26-14-17)11-12-24-19(15-7-3-1-4-8-15)16-9-5-2-6-10-16/h1-10,13-14,19,24H,11-12H2. The maximum absolute atomic E-state index is 12.6. The quantitative estimate of drug-likeness (QED) is 0.710. The summed E-state index contributed by atoms with van der Waals surface area (Å²) in [5, 5.41) is 3.44. The van der Waals surface area contributed by atoms with Gasteiger partial charge in [0, 0.05) is 25.4 Å². The van der Waals surface area contributed by atoms with Crippen molar-refractivity contribution in [3.05, 3.63) is 95.6 Å². The van der Waals surface area contributed by atoms with Crippen LogP contribution in [0.4, 0.5) is 13.2 Å². The Labute approximate surface area is 149 Å². The largest absolute Gasteiger partial charge is 0.419 e. The maximum atomic E-state index is 12.6. The minimum atomic E-state index is -4.41. The van der Waals surface area contributed by atoms with Gasteiger partial charge in [-0.2, -0.15) is 13.2 Å². The van der Waals surface area contributed by atoms with Crippen LogP contribution in [0, 0.1) is 0 Å². The molecule has 1 aromatic heterocycles. The van der Waals surface area contributed by atoms with E-state index in [1.807, 2.05) is 60.7 Å². The lowest BCUT2D eigenvalue weighted by atomic mass is 9.98. The molecule has 1 N–H and O–H groups in total. The molecule has 3 aromatic rings. The van der Waals surface area contributed by atoms with Crippen molar-refractivity contribution in [2.24, 2.45) is 0 Å². The predicted octanol–water partition coefficient (Wildman–Crippen LogP) is 4.42. The third-order valence-corrected chi connectivity index (χ3v) is 4.00. The number of nitrogens with zero attached hydrogens (tertiary/aromatic N) is 2. The Morgan fingerprint density at radius 2 is 1.31 bits per heavy atom. The molecule has 3 rings (SSSR count). The predicted molar refractivity (Wildman–Crippen MR) is 93.5 cm³/mol. The molecule has 26 heavy (non-hydrogen) atoms.